The highest BCUT2D eigenvalue weighted by Gasteiger charge is 2.57. The molecule has 4 rings (SSSR count). The van der Waals surface area contributed by atoms with Gasteiger partial charge in [-0.2, -0.15) is 0 Å². The third-order valence-corrected chi connectivity index (χ3v) is 8.37. The van der Waals surface area contributed by atoms with Gasteiger partial charge in [-0.25, -0.2) is 0 Å². The first-order valence-electron chi connectivity index (χ1n) is 13.7. The first kappa shape index (κ1) is 30.6. The number of likely N-dealkylation sites (N-methyl/N-ethyl adjacent to an activating group) is 1. The summed E-state index contributed by atoms with van der Waals surface area (Å²) < 4.78 is 6.17. The van der Waals surface area contributed by atoms with Crippen LogP contribution >= 0.6 is 12.4 Å². The lowest BCUT2D eigenvalue weighted by Gasteiger charge is -2.37. The SMILES string of the molecule is CCC1(CC)CC2OCC[C@H](NC(=O)[C@H](C)NC)C(=O)N2C1C(=O)NC(c1ccccc1)c1ccccc1.Cl. The fourth-order valence-electron chi connectivity index (χ4n) is 5.82. The Morgan fingerprint density at radius 3 is 2.10 bits per heavy atom. The van der Waals surface area contributed by atoms with Gasteiger partial charge in [0.2, 0.25) is 17.7 Å². The maximum Gasteiger partial charge on any atom is 0.247 e. The Morgan fingerprint density at radius 1 is 1.03 bits per heavy atom. The van der Waals surface area contributed by atoms with E-state index < -0.39 is 29.8 Å². The molecule has 0 saturated carbocycles. The number of hydrogen-bond acceptors (Lipinski definition) is 5. The third kappa shape index (κ3) is 6.29. The van der Waals surface area contributed by atoms with Gasteiger partial charge in [-0.1, -0.05) is 74.5 Å². The molecule has 2 aromatic rings. The van der Waals surface area contributed by atoms with Crippen LogP contribution < -0.4 is 16.0 Å². The number of amides is 3. The van der Waals surface area contributed by atoms with E-state index in [0.717, 1.165) is 24.0 Å². The van der Waals surface area contributed by atoms with Crippen LogP contribution in [0.5, 0.6) is 0 Å². The Bertz CT molecular complexity index is 1070. The molecule has 0 radical (unpaired) electrons. The second-order valence-corrected chi connectivity index (χ2v) is 10.4. The second-order valence-electron chi connectivity index (χ2n) is 10.4. The van der Waals surface area contributed by atoms with E-state index in [4.69, 9.17) is 4.74 Å². The van der Waals surface area contributed by atoms with Gasteiger partial charge in [0.1, 0.15) is 18.3 Å². The molecule has 8 nitrogen and oxygen atoms in total. The topological polar surface area (TPSA) is 99.8 Å². The van der Waals surface area contributed by atoms with Gasteiger partial charge in [0.15, 0.2) is 0 Å². The van der Waals surface area contributed by atoms with E-state index in [1.807, 2.05) is 60.7 Å². The van der Waals surface area contributed by atoms with E-state index in [0.29, 0.717) is 19.4 Å². The van der Waals surface area contributed by atoms with Gasteiger partial charge in [-0.3, -0.25) is 14.4 Å². The summed E-state index contributed by atoms with van der Waals surface area (Å²) >= 11 is 0. The lowest BCUT2D eigenvalue weighted by Crippen LogP contribution is -2.59. The summed E-state index contributed by atoms with van der Waals surface area (Å²) in [6.45, 7) is 6.22. The Morgan fingerprint density at radius 2 is 1.59 bits per heavy atom. The number of nitrogens with one attached hydrogen (secondary N) is 3. The van der Waals surface area contributed by atoms with Gasteiger partial charge in [-0.15, -0.1) is 12.4 Å². The summed E-state index contributed by atoms with van der Waals surface area (Å²) in [5.74, 6) is -0.722. The van der Waals surface area contributed by atoms with Gasteiger partial charge >= 0.3 is 0 Å². The lowest BCUT2D eigenvalue weighted by atomic mass is 9.74. The first-order chi connectivity index (χ1) is 18.3. The number of ether oxygens (including phenoxy) is 1. The highest BCUT2D eigenvalue weighted by molar-refractivity contribution is 5.94. The molecule has 0 bridgehead atoms. The maximum absolute atomic E-state index is 14.3. The zero-order chi connectivity index (χ0) is 27.3. The average molecular weight is 557 g/mol. The number of hydrogen-bond donors (Lipinski definition) is 3. The van der Waals surface area contributed by atoms with Crippen LogP contribution in [0, 0.1) is 5.41 Å². The molecule has 4 atom stereocenters. The van der Waals surface area contributed by atoms with Crippen molar-refractivity contribution < 1.29 is 19.1 Å². The molecule has 2 saturated heterocycles. The van der Waals surface area contributed by atoms with Gasteiger partial charge in [-0.05, 0) is 37.9 Å². The molecule has 2 aliphatic rings. The van der Waals surface area contributed by atoms with E-state index in [9.17, 15) is 14.4 Å². The van der Waals surface area contributed by atoms with Crippen molar-refractivity contribution in [2.75, 3.05) is 13.7 Å². The van der Waals surface area contributed by atoms with E-state index in [-0.39, 0.29) is 36.2 Å². The molecule has 212 valence electrons. The lowest BCUT2D eigenvalue weighted by molar-refractivity contribution is -0.150. The molecule has 0 aliphatic carbocycles. The minimum Gasteiger partial charge on any atom is -0.358 e. The fourth-order valence-corrected chi connectivity index (χ4v) is 5.82. The van der Waals surface area contributed by atoms with Crippen LogP contribution in [0.3, 0.4) is 0 Å². The fraction of sp³-hybridized carbons (Fsp3) is 0.500. The van der Waals surface area contributed by atoms with Crippen molar-refractivity contribution in [3.63, 3.8) is 0 Å². The molecule has 3 N–H and O–H groups in total. The van der Waals surface area contributed by atoms with Gasteiger partial charge in [0, 0.05) is 18.3 Å². The largest absolute Gasteiger partial charge is 0.358 e. The minimum atomic E-state index is -0.748. The molecule has 3 amide bonds. The van der Waals surface area contributed by atoms with E-state index >= 15 is 0 Å². The van der Waals surface area contributed by atoms with Crippen LogP contribution in [-0.2, 0) is 19.1 Å². The Balaban J connectivity index is 0.00000420. The van der Waals surface area contributed by atoms with Crippen LogP contribution in [0.4, 0.5) is 0 Å². The molecule has 2 fully saturated rings. The second kappa shape index (κ2) is 13.4. The van der Waals surface area contributed by atoms with Crippen LogP contribution in [0.2, 0.25) is 0 Å². The number of nitrogens with zero attached hydrogens (tertiary/aromatic N) is 1. The molecule has 2 heterocycles. The van der Waals surface area contributed by atoms with Gasteiger partial charge in [0.25, 0.3) is 0 Å². The summed E-state index contributed by atoms with van der Waals surface area (Å²) in [6.07, 6.45) is 1.89. The molecule has 9 heteroatoms. The van der Waals surface area contributed by atoms with Crippen molar-refractivity contribution in [1.82, 2.24) is 20.9 Å². The predicted octanol–water partition coefficient (Wildman–Crippen LogP) is 3.56. The monoisotopic (exact) mass is 556 g/mol. The molecule has 2 aliphatic heterocycles. The maximum atomic E-state index is 14.3. The van der Waals surface area contributed by atoms with Crippen molar-refractivity contribution in [3.8, 4) is 0 Å². The summed E-state index contributed by atoms with van der Waals surface area (Å²) in [4.78, 5) is 42.5. The summed E-state index contributed by atoms with van der Waals surface area (Å²) in [6, 6.07) is 17.4. The van der Waals surface area contributed by atoms with E-state index in [1.54, 1.807) is 18.9 Å². The first-order valence-corrected chi connectivity index (χ1v) is 13.7. The summed E-state index contributed by atoms with van der Waals surface area (Å²) in [5.41, 5.74) is 1.49. The zero-order valence-electron chi connectivity index (χ0n) is 23.2. The predicted molar refractivity (Wildman–Crippen MR) is 153 cm³/mol. The molecule has 0 aromatic heterocycles. The molecule has 2 unspecified atom stereocenters. The molecular formula is C30H41ClN4O4. The molecule has 39 heavy (non-hydrogen) atoms. The van der Waals surface area contributed by atoms with Gasteiger partial charge in [0.05, 0.1) is 18.7 Å². The van der Waals surface area contributed by atoms with Crippen molar-refractivity contribution >= 4 is 30.1 Å². The summed E-state index contributed by atoms with van der Waals surface area (Å²) in [5, 5.41) is 9.08. The summed E-state index contributed by atoms with van der Waals surface area (Å²) in [7, 11) is 1.70. The average Bonchev–Trinajstić information content (AvgIpc) is 3.22. The van der Waals surface area contributed by atoms with E-state index in [1.165, 1.54) is 0 Å². The number of carbonyl (C=O) groups is 3. The van der Waals surface area contributed by atoms with Crippen LogP contribution in [0.15, 0.2) is 60.7 Å². The minimum absolute atomic E-state index is 0. The highest BCUT2D eigenvalue weighted by Crippen LogP contribution is 2.48. The Hall–Kier alpha value is -2.94. The smallest absolute Gasteiger partial charge is 0.247 e. The van der Waals surface area contributed by atoms with Gasteiger partial charge < -0.3 is 25.6 Å². The zero-order valence-corrected chi connectivity index (χ0v) is 24.0. The molecule has 2 aromatic carbocycles. The normalized spacial score (nSPS) is 22.8. The third-order valence-electron chi connectivity index (χ3n) is 8.37. The Kier molecular flexibility index (Phi) is 10.5. The molecule has 0 spiro atoms. The number of fused-ring (bicyclic) bond motifs is 1. The number of carbonyl (C=O) groups excluding carboxylic acids is 3. The van der Waals surface area contributed by atoms with Crippen molar-refractivity contribution in [2.24, 2.45) is 5.41 Å². The highest BCUT2D eigenvalue weighted by atomic mass is 35.5. The van der Waals surface area contributed by atoms with Crippen molar-refractivity contribution in [1.29, 1.82) is 0 Å². The Labute approximate surface area is 237 Å². The molecular weight excluding hydrogens is 516 g/mol. The van der Waals surface area contributed by atoms with Crippen LogP contribution in [0.1, 0.15) is 63.6 Å². The number of halogens is 1. The van der Waals surface area contributed by atoms with E-state index in [2.05, 4.69) is 29.8 Å². The standard InChI is InChI=1S/C30H40N4O4.ClH/c1-5-30(6-2)19-24-34(29(37)23(17-18-38-24)32-27(35)20(3)31-4)26(30)28(36)33-25(21-13-9-7-10-14-21)22-15-11-8-12-16-22;/h7-16,20,23-26,31H,5-6,17-19H2,1-4H3,(H,32,35)(H,33,36);1H/t20-,23-,24?,26?;/m0./s1. The van der Waals surface area contributed by atoms with Crippen LogP contribution in [-0.4, -0.2) is 60.6 Å². The van der Waals surface area contributed by atoms with Crippen molar-refractivity contribution in [2.45, 2.75) is 76.8 Å². The van der Waals surface area contributed by atoms with Crippen molar-refractivity contribution in [3.05, 3.63) is 71.8 Å². The quantitative estimate of drug-likeness (QED) is 0.438. The van der Waals surface area contributed by atoms with Crippen LogP contribution in [0.25, 0.3) is 0 Å². The number of rotatable bonds is 9. The number of benzene rings is 2.